The number of methoxy groups -OCH3 is 1. The van der Waals surface area contributed by atoms with E-state index in [0.29, 0.717) is 34.8 Å². The number of hydrogen-bond acceptors (Lipinski definition) is 7. The second-order valence-corrected chi connectivity index (χ2v) is 8.73. The summed E-state index contributed by atoms with van der Waals surface area (Å²) in [5.41, 5.74) is 0.828. The number of ether oxygens (including phenoxy) is 3. The molecule has 35 heavy (non-hydrogen) atoms. The third-order valence-electron chi connectivity index (χ3n) is 6.17. The summed E-state index contributed by atoms with van der Waals surface area (Å²) in [6.07, 6.45) is 4.22. The molecule has 1 aromatic heterocycles. The minimum absolute atomic E-state index is 0.0169. The molecule has 1 aliphatic carbocycles. The van der Waals surface area contributed by atoms with Crippen LogP contribution in [-0.2, 0) is 4.74 Å². The molecule has 1 fully saturated rings. The van der Waals surface area contributed by atoms with Crippen LogP contribution in [0.5, 0.6) is 11.5 Å². The largest absolute Gasteiger partial charge is 0.493 e. The highest BCUT2D eigenvalue weighted by atomic mass is 35.5. The highest BCUT2D eigenvalue weighted by Crippen LogP contribution is 2.37. The molecule has 0 saturated heterocycles. The molecule has 8 nitrogen and oxygen atoms in total. The Morgan fingerprint density at radius 3 is 2.69 bits per heavy atom. The maximum absolute atomic E-state index is 14.5. The van der Waals surface area contributed by atoms with E-state index in [1.54, 1.807) is 50.2 Å². The molecule has 10 heteroatoms. The van der Waals surface area contributed by atoms with Crippen LogP contribution in [0, 0.1) is 5.82 Å². The van der Waals surface area contributed by atoms with Gasteiger partial charge in [0.2, 0.25) is 0 Å². The van der Waals surface area contributed by atoms with Gasteiger partial charge in [-0.05, 0) is 50.8 Å². The lowest BCUT2D eigenvalue weighted by atomic mass is 9.92. The first-order chi connectivity index (χ1) is 16.9. The van der Waals surface area contributed by atoms with E-state index < -0.39 is 5.82 Å². The number of nitrogens with zero attached hydrogens (tertiary/aromatic N) is 3. The summed E-state index contributed by atoms with van der Waals surface area (Å²) < 4.78 is 31.5. The summed E-state index contributed by atoms with van der Waals surface area (Å²) in [5, 5.41) is 3.68. The van der Waals surface area contributed by atoms with Crippen LogP contribution in [-0.4, -0.2) is 53.9 Å². The number of hydrogen-bond donors (Lipinski definition) is 1. The van der Waals surface area contributed by atoms with E-state index in [1.807, 2.05) is 0 Å². The molecule has 1 N–H and O–H groups in total. The number of aromatic nitrogens is 2. The van der Waals surface area contributed by atoms with Gasteiger partial charge >= 0.3 is 6.09 Å². The van der Waals surface area contributed by atoms with Crippen LogP contribution >= 0.6 is 11.6 Å². The lowest BCUT2D eigenvalue weighted by Gasteiger charge is -2.34. The van der Waals surface area contributed by atoms with Gasteiger partial charge in [0.25, 0.3) is 0 Å². The van der Waals surface area contributed by atoms with Crippen molar-refractivity contribution in [3.63, 3.8) is 0 Å². The third-order valence-corrected chi connectivity index (χ3v) is 6.46. The highest BCUT2D eigenvalue weighted by Gasteiger charge is 2.29. The van der Waals surface area contributed by atoms with E-state index in [9.17, 15) is 9.18 Å². The quantitative estimate of drug-likeness (QED) is 0.427. The van der Waals surface area contributed by atoms with Crippen molar-refractivity contribution in [3.05, 3.63) is 47.5 Å². The van der Waals surface area contributed by atoms with E-state index in [1.165, 1.54) is 12.4 Å². The summed E-state index contributed by atoms with van der Waals surface area (Å²) >= 11 is 5.92. The van der Waals surface area contributed by atoms with Gasteiger partial charge in [0.05, 0.1) is 36.0 Å². The van der Waals surface area contributed by atoms with E-state index in [4.69, 9.17) is 25.8 Å². The summed E-state index contributed by atoms with van der Waals surface area (Å²) in [4.78, 5) is 22.3. The molecule has 0 aliphatic heterocycles. The molecule has 1 aliphatic rings. The number of anilines is 2. The first kappa shape index (κ1) is 24.8. The van der Waals surface area contributed by atoms with E-state index in [2.05, 4.69) is 15.3 Å². The van der Waals surface area contributed by atoms with Gasteiger partial charge in [0.1, 0.15) is 12.1 Å². The fraction of sp³-hybridized carbons (Fsp3) is 0.400. The van der Waals surface area contributed by atoms with Crippen molar-refractivity contribution in [3.8, 4) is 11.5 Å². The zero-order valence-corrected chi connectivity index (χ0v) is 20.6. The lowest BCUT2D eigenvalue weighted by molar-refractivity contribution is 0.0718. The number of fused-ring (bicyclic) bond motifs is 1. The van der Waals surface area contributed by atoms with Crippen molar-refractivity contribution in [1.29, 1.82) is 0 Å². The van der Waals surface area contributed by atoms with Crippen LogP contribution in [0.4, 0.5) is 20.7 Å². The van der Waals surface area contributed by atoms with Gasteiger partial charge in [-0.1, -0.05) is 17.7 Å². The third kappa shape index (κ3) is 5.51. The Bertz CT molecular complexity index is 1200. The molecule has 186 valence electrons. The first-order valence-corrected chi connectivity index (χ1v) is 11.9. The number of halogens is 2. The van der Waals surface area contributed by atoms with Crippen LogP contribution in [0.3, 0.4) is 0 Å². The van der Waals surface area contributed by atoms with E-state index >= 15 is 0 Å². The first-order valence-electron chi connectivity index (χ1n) is 11.5. The van der Waals surface area contributed by atoms with Gasteiger partial charge in [-0.3, -0.25) is 0 Å². The fourth-order valence-electron chi connectivity index (χ4n) is 4.25. The van der Waals surface area contributed by atoms with Crippen LogP contribution < -0.4 is 14.8 Å². The number of amides is 1. The minimum atomic E-state index is -0.560. The van der Waals surface area contributed by atoms with Gasteiger partial charge in [0.15, 0.2) is 17.3 Å². The number of carbonyl (C=O) groups excluding carboxylic acids is 1. The van der Waals surface area contributed by atoms with Gasteiger partial charge < -0.3 is 24.4 Å². The molecule has 1 saturated carbocycles. The zero-order chi connectivity index (χ0) is 24.9. The summed E-state index contributed by atoms with van der Waals surface area (Å²) in [5.74, 6) is 0.951. The Morgan fingerprint density at radius 2 is 1.97 bits per heavy atom. The zero-order valence-electron chi connectivity index (χ0n) is 19.9. The van der Waals surface area contributed by atoms with Crippen LogP contribution in [0.2, 0.25) is 5.02 Å². The van der Waals surface area contributed by atoms with Crippen molar-refractivity contribution >= 4 is 40.1 Å². The number of carbonyl (C=O) groups is 1. The molecular weight excluding hydrogens is 475 g/mol. The van der Waals surface area contributed by atoms with Gasteiger partial charge in [-0.25, -0.2) is 19.2 Å². The monoisotopic (exact) mass is 502 g/mol. The maximum Gasteiger partial charge on any atom is 0.409 e. The lowest BCUT2D eigenvalue weighted by Crippen LogP contribution is -2.41. The number of nitrogens with one attached hydrogen (secondary N) is 1. The van der Waals surface area contributed by atoms with Crippen molar-refractivity contribution in [1.82, 2.24) is 14.9 Å². The fourth-order valence-corrected chi connectivity index (χ4v) is 4.42. The predicted molar refractivity (Wildman–Crippen MR) is 132 cm³/mol. The summed E-state index contributed by atoms with van der Waals surface area (Å²) in [6.45, 7) is 2.15. The Morgan fingerprint density at radius 1 is 1.20 bits per heavy atom. The highest BCUT2D eigenvalue weighted by molar-refractivity contribution is 6.31. The molecule has 0 bridgehead atoms. The molecule has 4 rings (SSSR count). The van der Waals surface area contributed by atoms with Gasteiger partial charge in [0, 0.05) is 24.5 Å². The predicted octanol–water partition coefficient (Wildman–Crippen LogP) is 5.95. The summed E-state index contributed by atoms with van der Waals surface area (Å²) in [6, 6.07) is 8.41. The Hall–Kier alpha value is -3.33. The Labute approximate surface area is 208 Å². The molecule has 1 heterocycles. The maximum atomic E-state index is 14.5. The van der Waals surface area contributed by atoms with Gasteiger partial charge in [-0.2, -0.15) is 0 Å². The standard InChI is InChI=1S/C25H28ClFN4O4/c1-4-34-25(32)31(2)15-8-10-16(11-9-15)35-22-12-17-20(13-21(22)33-3)28-14-29-24(17)30-19-7-5-6-18(26)23(19)27/h5-7,12-16H,4,8-11H2,1-3H3,(H,28,29,30)/t15-,16+. The minimum Gasteiger partial charge on any atom is -0.493 e. The smallest absolute Gasteiger partial charge is 0.409 e. The normalized spacial score (nSPS) is 17.6. The van der Waals surface area contributed by atoms with Crippen LogP contribution in [0.25, 0.3) is 10.9 Å². The topological polar surface area (TPSA) is 85.8 Å². The molecule has 3 aromatic rings. The molecule has 2 aromatic carbocycles. The average Bonchev–Trinajstić information content (AvgIpc) is 2.87. The van der Waals surface area contributed by atoms with Crippen molar-refractivity contribution in [2.75, 3.05) is 26.1 Å². The van der Waals surface area contributed by atoms with Crippen LogP contribution in [0.15, 0.2) is 36.7 Å². The number of rotatable bonds is 7. The van der Waals surface area contributed by atoms with Crippen molar-refractivity contribution in [2.45, 2.75) is 44.8 Å². The van der Waals surface area contributed by atoms with E-state index in [-0.39, 0.29) is 28.9 Å². The second kappa shape index (κ2) is 10.9. The molecular formula is C25H28ClFN4O4. The average molecular weight is 503 g/mol. The Kier molecular flexibility index (Phi) is 7.75. The molecule has 0 unspecified atom stereocenters. The molecule has 0 radical (unpaired) electrons. The molecule has 0 atom stereocenters. The van der Waals surface area contributed by atoms with E-state index in [0.717, 1.165) is 25.7 Å². The van der Waals surface area contributed by atoms with Gasteiger partial charge in [-0.15, -0.1) is 0 Å². The molecule has 1 amide bonds. The number of benzene rings is 2. The Balaban J connectivity index is 1.54. The van der Waals surface area contributed by atoms with Crippen LogP contribution in [0.1, 0.15) is 32.6 Å². The SMILES string of the molecule is CCOC(=O)N(C)[C@H]1CC[C@@H](Oc2cc3c(Nc4cccc(Cl)c4F)ncnc3cc2OC)CC1. The summed E-state index contributed by atoms with van der Waals surface area (Å²) in [7, 11) is 3.34. The van der Waals surface area contributed by atoms with Crippen molar-refractivity contribution in [2.24, 2.45) is 0 Å². The van der Waals surface area contributed by atoms with Crippen molar-refractivity contribution < 1.29 is 23.4 Å². The second-order valence-electron chi connectivity index (χ2n) is 8.33. The molecule has 0 spiro atoms.